The predicted molar refractivity (Wildman–Crippen MR) is 132 cm³/mol. The second kappa shape index (κ2) is 8.43. The van der Waals surface area contributed by atoms with Gasteiger partial charge in [-0.3, -0.25) is 14.4 Å². The van der Waals surface area contributed by atoms with Gasteiger partial charge in [0.2, 0.25) is 17.7 Å². The Labute approximate surface area is 208 Å². The van der Waals surface area contributed by atoms with Crippen molar-refractivity contribution < 1.29 is 14.4 Å². The molecule has 1 spiro atoms. The molecular weight excluding hydrogens is 473 g/mol. The van der Waals surface area contributed by atoms with Crippen LogP contribution in [0.2, 0.25) is 10.0 Å². The van der Waals surface area contributed by atoms with E-state index in [2.05, 4.69) is 17.2 Å². The molecule has 3 atom stereocenters. The van der Waals surface area contributed by atoms with Crippen LogP contribution in [0.1, 0.15) is 43.2 Å². The number of anilines is 1. The van der Waals surface area contributed by atoms with E-state index in [1.165, 1.54) is 4.90 Å². The van der Waals surface area contributed by atoms with Crippen molar-refractivity contribution in [3.8, 4) is 0 Å². The Bertz CT molecular complexity index is 1230. The van der Waals surface area contributed by atoms with E-state index in [-0.39, 0.29) is 36.7 Å². The van der Waals surface area contributed by atoms with Crippen LogP contribution in [-0.4, -0.2) is 41.2 Å². The molecule has 0 radical (unpaired) electrons. The minimum Gasteiger partial charge on any atom is -0.352 e. The number of likely N-dealkylation sites (tertiary alicyclic amines) is 1. The fourth-order valence-corrected chi connectivity index (χ4v) is 5.94. The van der Waals surface area contributed by atoms with Crippen LogP contribution in [0.25, 0.3) is 0 Å². The number of hydrogen-bond acceptors (Lipinski definition) is 3. The zero-order chi connectivity index (χ0) is 24.2. The van der Waals surface area contributed by atoms with Gasteiger partial charge in [-0.2, -0.15) is 0 Å². The van der Waals surface area contributed by atoms with E-state index in [9.17, 15) is 14.4 Å². The summed E-state index contributed by atoms with van der Waals surface area (Å²) in [5, 5.41) is 6.96. The summed E-state index contributed by atoms with van der Waals surface area (Å²) in [6, 6.07) is 12.0. The van der Waals surface area contributed by atoms with Crippen molar-refractivity contribution >= 4 is 46.6 Å². The third-order valence-corrected chi connectivity index (χ3v) is 7.49. The van der Waals surface area contributed by atoms with Crippen LogP contribution in [0.15, 0.2) is 54.6 Å². The quantitative estimate of drug-likeness (QED) is 0.600. The minimum atomic E-state index is -1.19. The lowest BCUT2D eigenvalue weighted by Crippen LogP contribution is -2.64. The molecule has 3 amide bonds. The molecule has 1 aliphatic carbocycles. The Morgan fingerprint density at radius 2 is 1.91 bits per heavy atom. The number of carbonyl (C=O) groups excluding carboxylic acids is 3. The Morgan fingerprint density at radius 3 is 2.59 bits per heavy atom. The van der Waals surface area contributed by atoms with E-state index in [1.807, 2.05) is 18.2 Å². The summed E-state index contributed by atoms with van der Waals surface area (Å²) >= 11 is 12.6. The third-order valence-electron chi connectivity index (χ3n) is 7.02. The molecule has 3 unspecified atom stereocenters. The molecule has 1 saturated heterocycles. The van der Waals surface area contributed by atoms with Gasteiger partial charge in [0.05, 0.1) is 6.04 Å². The van der Waals surface area contributed by atoms with E-state index >= 15 is 0 Å². The number of halogens is 2. The number of amides is 3. The van der Waals surface area contributed by atoms with Gasteiger partial charge in [-0.25, -0.2) is 0 Å². The molecule has 2 heterocycles. The van der Waals surface area contributed by atoms with Crippen LogP contribution in [-0.2, 0) is 19.8 Å². The highest BCUT2D eigenvalue weighted by Gasteiger charge is 2.63. The van der Waals surface area contributed by atoms with Gasteiger partial charge in [-0.15, -0.1) is 0 Å². The van der Waals surface area contributed by atoms with E-state index in [1.54, 1.807) is 31.2 Å². The first-order valence-corrected chi connectivity index (χ1v) is 12.1. The van der Waals surface area contributed by atoms with Crippen molar-refractivity contribution in [3.05, 3.63) is 75.8 Å². The average Bonchev–Trinajstić information content (AvgIpc) is 3.53. The van der Waals surface area contributed by atoms with Gasteiger partial charge in [0.25, 0.3) is 0 Å². The maximum Gasteiger partial charge on any atom is 0.239 e. The zero-order valence-corrected chi connectivity index (χ0v) is 20.2. The van der Waals surface area contributed by atoms with Gasteiger partial charge in [-0.1, -0.05) is 53.6 Å². The highest BCUT2D eigenvalue weighted by molar-refractivity contribution is 6.31. The van der Waals surface area contributed by atoms with Gasteiger partial charge in [-0.05, 0) is 55.2 Å². The fourth-order valence-electron chi connectivity index (χ4n) is 5.57. The summed E-state index contributed by atoms with van der Waals surface area (Å²) in [6.45, 7) is 5.84. The lowest BCUT2D eigenvalue weighted by molar-refractivity contribution is -0.147. The van der Waals surface area contributed by atoms with E-state index < -0.39 is 17.4 Å². The molecule has 5 rings (SSSR count). The van der Waals surface area contributed by atoms with Crippen LogP contribution in [0.4, 0.5) is 5.69 Å². The van der Waals surface area contributed by atoms with E-state index in [0.29, 0.717) is 21.3 Å². The van der Waals surface area contributed by atoms with Crippen molar-refractivity contribution in [2.24, 2.45) is 0 Å². The predicted octanol–water partition coefficient (Wildman–Crippen LogP) is 4.42. The molecular formula is C26H25Cl2N3O3. The molecule has 1 saturated carbocycles. The molecule has 0 aromatic heterocycles. The topological polar surface area (TPSA) is 78.5 Å². The fraction of sp³-hybridized carbons (Fsp3) is 0.346. The molecule has 34 heavy (non-hydrogen) atoms. The third kappa shape index (κ3) is 3.69. The average molecular weight is 498 g/mol. The number of rotatable bonds is 5. The number of fused-ring (bicyclic) bond motifs is 2. The molecule has 2 aromatic carbocycles. The molecule has 2 N–H and O–H groups in total. The monoisotopic (exact) mass is 497 g/mol. The SMILES string of the molecule is C=C(C)C1N(CC(=O)NC2CC2)C(=O)CC(c2cccc(Cl)c2)C12C(=O)Nc1cc(Cl)ccc12. The molecule has 0 bridgehead atoms. The molecule has 8 heteroatoms. The number of nitrogens with zero attached hydrogens (tertiary/aromatic N) is 1. The highest BCUT2D eigenvalue weighted by atomic mass is 35.5. The minimum absolute atomic E-state index is 0.0519. The summed E-state index contributed by atoms with van der Waals surface area (Å²) in [6.07, 6.45) is 1.94. The zero-order valence-electron chi connectivity index (χ0n) is 18.7. The molecule has 2 fully saturated rings. The van der Waals surface area contributed by atoms with Crippen molar-refractivity contribution in [3.63, 3.8) is 0 Å². The second-order valence-corrected chi connectivity index (χ2v) is 10.3. The van der Waals surface area contributed by atoms with Crippen molar-refractivity contribution in [2.45, 2.75) is 49.6 Å². The first-order valence-electron chi connectivity index (χ1n) is 11.3. The summed E-state index contributed by atoms with van der Waals surface area (Å²) in [5.41, 5.74) is 1.56. The summed E-state index contributed by atoms with van der Waals surface area (Å²) in [7, 11) is 0. The van der Waals surface area contributed by atoms with Crippen LogP contribution >= 0.6 is 23.2 Å². The standard InChI is InChI=1S/C26H25Cl2N3O3/c1-14(2)24-26(19-9-6-17(28)11-21(19)30-25(26)34)20(15-4-3-5-16(27)10-15)12-23(33)31(24)13-22(32)29-18-7-8-18/h3-6,9-11,18,20,24H,1,7-8,12-13H2,2H3,(H,29,32)(H,30,34). The van der Waals surface area contributed by atoms with Crippen LogP contribution in [0, 0.1) is 0 Å². The second-order valence-electron chi connectivity index (χ2n) is 9.44. The lowest BCUT2D eigenvalue weighted by Gasteiger charge is -2.51. The maximum absolute atomic E-state index is 14.0. The first kappa shape index (κ1) is 22.9. The smallest absolute Gasteiger partial charge is 0.239 e. The van der Waals surface area contributed by atoms with Crippen molar-refractivity contribution in [1.29, 1.82) is 0 Å². The van der Waals surface area contributed by atoms with Crippen LogP contribution in [0.5, 0.6) is 0 Å². The Morgan fingerprint density at radius 1 is 1.18 bits per heavy atom. The molecule has 176 valence electrons. The number of hydrogen-bond donors (Lipinski definition) is 2. The molecule has 2 aromatic rings. The van der Waals surface area contributed by atoms with Gasteiger partial charge >= 0.3 is 0 Å². The maximum atomic E-state index is 14.0. The van der Waals surface area contributed by atoms with Gasteiger partial charge in [0.15, 0.2) is 0 Å². The Hall–Kier alpha value is -2.83. The van der Waals surface area contributed by atoms with Crippen LogP contribution < -0.4 is 10.6 Å². The van der Waals surface area contributed by atoms with Gasteiger partial charge < -0.3 is 15.5 Å². The summed E-state index contributed by atoms with van der Waals surface area (Å²) in [5.74, 6) is -1.19. The molecule has 3 aliphatic rings. The number of carbonyl (C=O) groups is 3. The van der Waals surface area contributed by atoms with Crippen molar-refractivity contribution in [2.75, 3.05) is 11.9 Å². The number of benzene rings is 2. The van der Waals surface area contributed by atoms with E-state index in [0.717, 1.165) is 24.0 Å². The normalized spacial score (nSPS) is 25.8. The summed E-state index contributed by atoms with van der Waals surface area (Å²) < 4.78 is 0. The van der Waals surface area contributed by atoms with Crippen LogP contribution in [0.3, 0.4) is 0 Å². The summed E-state index contributed by atoms with van der Waals surface area (Å²) in [4.78, 5) is 41.8. The number of nitrogens with one attached hydrogen (secondary N) is 2. The highest BCUT2D eigenvalue weighted by Crippen LogP contribution is 2.56. The van der Waals surface area contributed by atoms with Crippen molar-refractivity contribution in [1.82, 2.24) is 10.2 Å². The van der Waals surface area contributed by atoms with Gasteiger partial charge in [0.1, 0.15) is 12.0 Å². The van der Waals surface area contributed by atoms with Gasteiger partial charge in [0, 0.05) is 34.1 Å². The Kier molecular flexibility index (Phi) is 5.69. The largest absolute Gasteiger partial charge is 0.352 e. The first-order chi connectivity index (χ1) is 16.2. The molecule has 2 aliphatic heterocycles. The lowest BCUT2D eigenvalue weighted by atomic mass is 9.58. The van der Waals surface area contributed by atoms with E-state index in [4.69, 9.17) is 23.2 Å². The number of piperidine rings is 1. The Balaban J connectivity index is 1.69. The molecule has 6 nitrogen and oxygen atoms in total.